The summed E-state index contributed by atoms with van der Waals surface area (Å²) in [7, 11) is 2.30. The van der Waals surface area contributed by atoms with Gasteiger partial charge < -0.3 is 0 Å². The van der Waals surface area contributed by atoms with Crippen molar-refractivity contribution in [3.63, 3.8) is 0 Å². The molecule has 5 rings (SSSR count). The van der Waals surface area contributed by atoms with Gasteiger partial charge in [0.2, 0.25) is 7.28 Å². The molecule has 0 unspecified atom stereocenters. The molecule has 26 heavy (non-hydrogen) atoms. The van der Waals surface area contributed by atoms with E-state index < -0.39 is 0 Å². The third-order valence-electron chi connectivity index (χ3n) is 5.19. The summed E-state index contributed by atoms with van der Waals surface area (Å²) < 4.78 is 0.602. The standard InChI is InChI=1S/C24H18BN/c1-3-11-19(12-4-1)26(20-13-5-2-6-14-20)23-17-9-7-15-21(23)25-22-16-8-10-18-24(22)26/h1-18H/q+1. The smallest absolute Gasteiger partial charge is 0.195 e. The maximum atomic E-state index is 2.30. The van der Waals surface area contributed by atoms with E-state index in [2.05, 4.69) is 116 Å². The van der Waals surface area contributed by atoms with E-state index in [9.17, 15) is 0 Å². The van der Waals surface area contributed by atoms with E-state index in [1.54, 1.807) is 0 Å². The second kappa shape index (κ2) is 6.01. The van der Waals surface area contributed by atoms with Gasteiger partial charge in [-0.15, -0.1) is 0 Å². The van der Waals surface area contributed by atoms with E-state index in [0.717, 1.165) is 0 Å². The van der Waals surface area contributed by atoms with Crippen molar-refractivity contribution in [2.45, 2.75) is 0 Å². The molecule has 0 fully saturated rings. The minimum Gasteiger partial charge on any atom is -0.195 e. The highest BCUT2D eigenvalue weighted by Gasteiger charge is 2.44. The Labute approximate surface area is 155 Å². The molecule has 1 aliphatic rings. The molecule has 1 heterocycles. The fourth-order valence-electron chi connectivity index (χ4n) is 4.14. The predicted molar refractivity (Wildman–Crippen MR) is 112 cm³/mol. The van der Waals surface area contributed by atoms with Crippen molar-refractivity contribution in [2.24, 2.45) is 0 Å². The number of nitrogens with zero attached hydrogens (tertiary/aromatic N) is 1. The highest BCUT2D eigenvalue weighted by atomic mass is 15.4. The summed E-state index contributed by atoms with van der Waals surface area (Å²) in [5.41, 5.74) is 7.57. The molecule has 4 aromatic rings. The lowest BCUT2D eigenvalue weighted by Gasteiger charge is -2.41. The summed E-state index contributed by atoms with van der Waals surface area (Å²) in [6.45, 7) is 0. The third-order valence-corrected chi connectivity index (χ3v) is 5.19. The van der Waals surface area contributed by atoms with Crippen LogP contribution in [0.2, 0.25) is 0 Å². The van der Waals surface area contributed by atoms with Crippen LogP contribution in [0.1, 0.15) is 0 Å². The van der Waals surface area contributed by atoms with E-state index >= 15 is 0 Å². The third kappa shape index (κ3) is 2.09. The molecule has 2 heteroatoms. The van der Waals surface area contributed by atoms with Gasteiger partial charge in [0, 0.05) is 24.3 Å². The molecule has 0 aromatic heterocycles. The number of hydrogen-bond donors (Lipinski definition) is 0. The molecule has 0 amide bonds. The SMILES string of the molecule is [B]1c2ccccc2[N+](c2ccccc2)(c2ccccc2)c2ccccc21. The van der Waals surface area contributed by atoms with E-state index in [1.165, 1.54) is 33.7 Å². The summed E-state index contributed by atoms with van der Waals surface area (Å²) in [6.07, 6.45) is 0. The van der Waals surface area contributed by atoms with Crippen molar-refractivity contribution in [3.8, 4) is 0 Å². The van der Waals surface area contributed by atoms with Crippen LogP contribution in [0.5, 0.6) is 0 Å². The molecule has 1 aliphatic heterocycles. The molecule has 0 spiro atoms. The van der Waals surface area contributed by atoms with Crippen LogP contribution in [-0.2, 0) is 0 Å². The average Bonchev–Trinajstić information content (AvgIpc) is 2.73. The van der Waals surface area contributed by atoms with Gasteiger partial charge in [0.25, 0.3) is 0 Å². The quantitative estimate of drug-likeness (QED) is 0.317. The zero-order valence-corrected chi connectivity index (χ0v) is 14.4. The number of fused-ring (bicyclic) bond motifs is 2. The number of rotatable bonds is 2. The summed E-state index contributed by atoms with van der Waals surface area (Å²) in [4.78, 5) is 0. The van der Waals surface area contributed by atoms with E-state index in [1.807, 2.05) is 0 Å². The summed E-state index contributed by atoms with van der Waals surface area (Å²) >= 11 is 0. The largest absolute Gasteiger partial charge is 0.207 e. The summed E-state index contributed by atoms with van der Waals surface area (Å²) in [5, 5.41) is 0. The van der Waals surface area contributed by atoms with Crippen LogP contribution in [0.25, 0.3) is 0 Å². The number of para-hydroxylation sites is 4. The van der Waals surface area contributed by atoms with Crippen LogP contribution in [0.15, 0.2) is 109 Å². The monoisotopic (exact) mass is 331 g/mol. The van der Waals surface area contributed by atoms with Crippen LogP contribution in [0.4, 0.5) is 22.7 Å². The van der Waals surface area contributed by atoms with Gasteiger partial charge in [0.05, 0.1) is 0 Å². The first-order valence-corrected chi connectivity index (χ1v) is 8.95. The normalized spacial score (nSPS) is 14.0. The van der Waals surface area contributed by atoms with E-state index in [0.29, 0.717) is 4.48 Å². The van der Waals surface area contributed by atoms with Crippen LogP contribution in [0, 0.1) is 0 Å². The first-order valence-electron chi connectivity index (χ1n) is 8.95. The second-order valence-electron chi connectivity index (χ2n) is 6.60. The van der Waals surface area contributed by atoms with Gasteiger partial charge in [-0.3, -0.25) is 0 Å². The molecule has 0 N–H and O–H groups in total. The fraction of sp³-hybridized carbons (Fsp3) is 0. The second-order valence-corrected chi connectivity index (χ2v) is 6.60. The molecule has 0 aliphatic carbocycles. The first kappa shape index (κ1) is 15.2. The minimum atomic E-state index is 0.602. The zero-order valence-electron chi connectivity index (χ0n) is 14.4. The van der Waals surface area contributed by atoms with Crippen molar-refractivity contribution in [1.29, 1.82) is 0 Å². The lowest BCUT2D eigenvalue weighted by Crippen LogP contribution is -2.49. The van der Waals surface area contributed by atoms with Crippen molar-refractivity contribution in [3.05, 3.63) is 109 Å². The Kier molecular flexibility index (Phi) is 3.51. The molecule has 121 valence electrons. The van der Waals surface area contributed by atoms with Gasteiger partial charge in [0.15, 0.2) is 0 Å². The van der Waals surface area contributed by atoms with Crippen molar-refractivity contribution < 1.29 is 0 Å². The first-order chi connectivity index (χ1) is 12.9. The lowest BCUT2D eigenvalue weighted by atomic mass is 9.59. The van der Waals surface area contributed by atoms with Crippen LogP contribution in [-0.4, -0.2) is 7.28 Å². The molecule has 0 saturated heterocycles. The van der Waals surface area contributed by atoms with Gasteiger partial charge >= 0.3 is 0 Å². The van der Waals surface area contributed by atoms with E-state index in [4.69, 9.17) is 0 Å². The van der Waals surface area contributed by atoms with Crippen LogP contribution < -0.4 is 15.4 Å². The maximum Gasteiger partial charge on any atom is 0.207 e. The van der Waals surface area contributed by atoms with Gasteiger partial charge in [-0.1, -0.05) is 72.8 Å². The van der Waals surface area contributed by atoms with E-state index in [-0.39, 0.29) is 0 Å². The molecule has 0 bridgehead atoms. The fourth-order valence-corrected chi connectivity index (χ4v) is 4.14. The highest BCUT2D eigenvalue weighted by molar-refractivity contribution is 6.71. The van der Waals surface area contributed by atoms with Gasteiger partial charge in [-0.05, 0) is 23.1 Å². The molecule has 1 nitrogen and oxygen atoms in total. The Morgan fingerprint density at radius 3 is 1.27 bits per heavy atom. The van der Waals surface area contributed by atoms with Crippen LogP contribution in [0.3, 0.4) is 0 Å². The van der Waals surface area contributed by atoms with Gasteiger partial charge in [-0.2, -0.15) is 4.48 Å². The molecular weight excluding hydrogens is 313 g/mol. The van der Waals surface area contributed by atoms with Crippen LogP contribution >= 0.6 is 0 Å². The zero-order chi connectivity index (χ0) is 17.4. The lowest BCUT2D eigenvalue weighted by molar-refractivity contribution is 0.709. The number of quaternary nitrogens is 1. The Morgan fingerprint density at radius 1 is 0.423 bits per heavy atom. The van der Waals surface area contributed by atoms with Gasteiger partial charge in [-0.25, -0.2) is 0 Å². The summed E-state index contributed by atoms with van der Waals surface area (Å²) in [6, 6.07) is 39.0. The molecule has 1 radical (unpaired) electrons. The Morgan fingerprint density at radius 2 is 0.808 bits per heavy atom. The number of benzene rings is 4. The maximum absolute atomic E-state index is 2.30. The Hall–Kier alpha value is -3.10. The van der Waals surface area contributed by atoms with Crippen molar-refractivity contribution in [2.75, 3.05) is 0 Å². The molecule has 4 aromatic carbocycles. The average molecular weight is 331 g/mol. The topological polar surface area (TPSA) is 0 Å². The molecular formula is C24H18BN+. The van der Waals surface area contributed by atoms with Gasteiger partial charge in [0.1, 0.15) is 22.7 Å². The minimum absolute atomic E-state index is 0.602. The summed E-state index contributed by atoms with van der Waals surface area (Å²) in [5.74, 6) is 0. The van der Waals surface area contributed by atoms with Crippen molar-refractivity contribution in [1.82, 2.24) is 4.48 Å². The predicted octanol–water partition coefficient (Wildman–Crippen LogP) is 4.96. The molecule has 0 atom stereocenters. The molecule has 0 saturated carbocycles. The highest BCUT2D eigenvalue weighted by Crippen LogP contribution is 2.50. The number of hydrogen-bond acceptors (Lipinski definition) is 0. The van der Waals surface area contributed by atoms with Crippen molar-refractivity contribution >= 4 is 41.0 Å². The Bertz CT molecular complexity index is 971. The Balaban J connectivity index is 1.97.